The molecule has 0 radical (unpaired) electrons. The Labute approximate surface area is 84.9 Å². The van der Waals surface area contributed by atoms with Crippen molar-refractivity contribution in [2.24, 2.45) is 0 Å². The van der Waals surface area contributed by atoms with Crippen molar-refractivity contribution < 1.29 is 19.8 Å². The van der Waals surface area contributed by atoms with Crippen LogP contribution in [-0.4, -0.2) is 11.9 Å². The van der Waals surface area contributed by atoms with Crippen LogP contribution in [0.1, 0.15) is 52.4 Å². The van der Waals surface area contributed by atoms with Gasteiger partial charge in [-0.05, 0) is 25.7 Å². The van der Waals surface area contributed by atoms with E-state index in [1.54, 1.807) is 0 Å². The van der Waals surface area contributed by atoms with Gasteiger partial charge >= 0.3 is 0 Å². The summed E-state index contributed by atoms with van der Waals surface area (Å²) < 4.78 is 0. The number of aliphatic carboxylic acids is 2. The predicted molar refractivity (Wildman–Crippen MR) is 49.1 cm³/mol. The van der Waals surface area contributed by atoms with E-state index in [1.807, 2.05) is 0 Å². The van der Waals surface area contributed by atoms with Crippen molar-refractivity contribution in [1.82, 2.24) is 0 Å². The summed E-state index contributed by atoms with van der Waals surface area (Å²) in [5.74, 6) is -2.28. The Hall–Kier alpha value is -1.06. The summed E-state index contributed by atoms with van der Waals surface area (Å²) >= 11 is 0. The first-order valence-corrected chi connectivity index (χ1v) is 4.94. The quantitative estimate of drug-likeness (QED) is 0.561. The molecule has 0 N–H and O–H groups in total. The van der Waals surface area contributed by atoms with Crippen molar-refractivity contribution in [3.05, 3.63) is 0 Å². The maximum atomic E-state index is 9.77. The highest BCUT2D eigenvalue weighted by Gasteiger charge is 1.89. The summed E-state index contributed by atoms with van der Waals surface area (Å²) in [5, 5.41) is 19.5. The zero-order chi connectivity index (χ0) is 11.4. The minimum absolute atomic E-state index is 0.0761. The lowest BCUT2D eigenvalue weighted by Crippen LogP contribution is -2.23. The monoisotopic (exact) mass is 202 g/mol. The van der Waals surface area contributed by atoms with E-state index in [4.69, 9.17) is 0 Å². The molecule has 0 rings (SSSR count). The Balaban J connectivity index is 0. The molecule has 4 nitrogen and oxygen atoms in total. The summed E-state index contributed by atoms with van der Waals surface area (Å²) in [7, 11) is 0. The summed E-state index contributed by atoms with van der Waals surface area (Å²) in [6.07, 6.45) is 3.17. The number of hydrogen-bond acceptors (Lipinski definition) is 4. The molecule has 0 fully saturated rings. The third kappa shape index (κ3) is 22.4. The average molecular weight is 202 g/mol. The van der Waals surface area contributed by atoms with E-state index in [0.717, 1.165) is 0 Å². The number of carbonyl (C=O) groups excluding carboxylic acids is 2. The Kier molecular flexibility index (Phi) is 13.1. The number of carboxylic acid groups (broad SMARTS) is 2. The lowest BCUT2D eigenvalue weighted by Gasteiger charge is -2.01. The van der Waals surface area contributed by atoms with Gasteiger partial charge in [-0.15, -0.1) is 0 Å². The molecule has 0 atom stereocenters. The van der Waals surface area contributed by atoms with E-state index in [1.165, 1.54) is 12.8 Å². The van der Waals surface area contributed by atoms with Crippen molar-refractivity contribution in [3.8, 4) is 0 Å². The standard InChI is InChI=1S/C6H10O4.C4H10/c7-5(8)3-1-2-4-6(9)10;1-3-4-2/h1-4H2,(H,7,8)(H,9,10);3-4H2,1-2H3/p-2. The molecule has 4 heteroatoms. The molecule has 0 aromatic carbocycles. The van der Waals surface area contributed by atoms with Crippen LogP contribution in [0.2, 0.25) is 0 Å². The number of carboxylic acids is 2. The molecule has 0 saturated carbocycles. The lowest BCUT2D eigenvalue weighted by molar-refractivity contribution is -0.308. The SMILES string of the molecule is CCCC.O=C([O-])CCCCC(=O)[O-]. The summed E-state index contributed by atoms with van der Waals surface area (Å²) in [6, 6.07) is 0. The molecule has 0 amide bonds. The first kappa shape index (κ1) is 15.4. The second kappa shape index (κ2) is 11.9. The molecule has 0 saturated heterocycles. The zero-order valence-electron chi connectivity index (χ0n) is 8.88. The van der Waals surface area contributed by atoms with Gasteiger partial charge in [-0.1, -0.05) is 26.7 Å². The van der Waals surface area contributed by atoms with Crippen molar-refractivity contribution in [1.29, 1.82) is 0 Å². The molecule has 0 aliphatic rings. The molecular weight excluding hydrogens is 184 g/mol. The van der Waals surface area contributed by atoms with Crippen molar-refractivity contribution in [2.45, 2.75) is 52.4 Å². The molecule has 0 spiro atoms. The number of hydrogen-bond donors (Lipinski definition) is 0. The predicted octanol–water partition coefficient (Wildman–Crippen LogP) is -0.147. The maximum Gasteiger partial charge on any atom is 0.0414 e. The largest absolute Gasteiger partial charge is 0.550 e. The first-order valence-electron chi connectivity index (χ1n) is 4.94. The third-order valence-electron chi connectivity index (χ3n) is 1.51. The molecule has 0 aromatic rings. The van der Waals surface area contributed by atoms with Crippen molar-refractivity contribution in [3.63, 3.8) is 0 Å². The van der Waals surface area contributed by atoms with Crippen LogP contribution >= 0.6 is 0 Å². The zero-order valence-corrected chi connectivity index (χ0v) is 8.88. The van der Waals surface area contributed by atoms with E-state index >= 15 is 0 Å². The van der Waals surface area contributed by atoms with Gasteiger partial charge in [-0.25, -0.2) is 0 Å². The average Bonchev–Trinajstić information content (AvgIpc) is 2.12. The fourth-order valence-corrected chi connectivity index (χ4v) is 0.539. The highest BCUT2D eigenvalue weighted by atomic mass is 16.4. The van der Waals surface area contributed by atoms with Crippen LogP contribution in [-0.2, 0) is 9.59 Å². The molecule has 0 aromatic heterocycles. The van der Waals surface area contributed by atoms with Gasteiger partial charge in [0.15, 0.2) is 0 Å². The van der Waals surface area contributed by atoms with Gasteiger partial charge < -0.3 is 19.8 Å². The molecule has 0 aliphatic carbocycles. The fourth-order valence-electron chi connectivity index (χ4n) is 0.539. The molecule has 0 unspecified atom stereocenters. The molecule has 84 valence electrons. The first-order chi connectivity index (χ1) is 6.54. The summed E-state index contributed by atoms with van der Waals surface area (Å²) in [5.41, 5.74) is 0. The Bertz CT molecular complexity index is 136. The maximum absolute atomic E-state index is 9.77. The van der Waals surface area contributed by atoms with Gasteiger partial charge in [-0.2, -0.15) is 0 Å². The molecule has 0 heterocycles. The Morgan fingerprint density at radius 3 is 1.29 bits per heavy atom. The van der Waals surface area contributed by atoms with Gasteiger partial charge in [0.1, 0.15) is 0 Å². The van der Waals surface area contributed by atoms with Crippen LogP contribution in [0, 0.1) is 0 Å². The fraction of sp³-hybridized carbons (Fsp3) is 0.800. The van der Waals surface area contributed by atoms with Crippen molar-refractivity contribution in [2.75, 3.05) is 0 Å². The second-order valence-corrected chi connectivity index (χ2v) is 2.95. The van der Waals surface area contributed by atoms with Gasteiger partial charge in [0.25, 0.3) is 0 Å². The molecule has 14 heavy (non-hydrogen) atoms. The van der Waals surface area contributed by atoms with Gasteiger partial charge in [0, 0.05) is 11.9 Å². The minimum Gasteiger partial charge on any atom is -0.550 e. The lowest BCUT2D eigenvalue weighted by atomic mass is 10.2. The molecular formula is C10H18O4-2. The van der Waals surface area contributed by atoms with E-state index < -0.39 is 11.9 Å². The van der Waals surface area contributed by atoms with E-state index in [9.17, 15) is 19.8 Å². The van der Waals surface area contributed by atoms with Crippen LogP contribution < -0.4 is 10.2 Å². The second-order valence-electron chi connectivity index (χ2n) is 2.95. The van der Waals surface area contributed by atoms with Crippen LogP contribution in [0.15, 0.2) is 0 Å². The summed E-state index contributed by atoms with van der Waals surface area (Å²) in [6.45, 7) is 4.36. The normalized spacial score (nSPS) is 8.71. The van der Waals surface area contributed by atoms with E-state index in [0.29, 0.717) is 12.8 Å². The number of carbonyl (C=O) groups is 2. The van der Waals surface area contributed by atoms with Crippen LogP contribution in [0.5, 0.6) is 0 Å². The van der Waals surface area contributed by atoms with Crippen LogP contribution in [0.4, 0.5) is 0 Å². The smallest absolute Gasteiger partial charge is 0.0414 e. The number of rotatable bonds is 6. The highest BCUT2D eigenvalue weighted by molar-refractivity contribution is 5.65. The topological polar surface area (TPSA) is 80.3 Å². The minimum atomic E-state index is -1.14. The molecule has 0 bridgehead atoms. The molecule has 0 aliphatic heterocycles. The van der Waals surface area contributed by atoms with Gasteiger partial charge in [0.05, 0.1) is 0 Å². The van der Waals surface area contributed by atoms with Crippen LogP contribution in [0.25, 0.3) is 0 Å². The van der Waals surface area contributed by atoms with E-state index in [2.05, 4.69) is 13.8 Å². The third-order valence-corrected chi connectivity index (χ3v) is 1.51. The van der Waals surface area contributed by atoms with Crippen molar-refractivity contribution >= 4 is 11.9 Å². The van der Waals surface area contributed by atoms with Gasteiger partial charge in [-0.3, -0.25) is 0 Å². The summed E-state index contributed by atoms with van der Waals surface area (Å²) in [4.78, 5) is 19.5. The van der Waals surface area contributed by atoms with E-state index in [-0.39, 0.29) is 12.8 Å². The Morgan fingerprint density at radius 2 is 1.14 bits per heavy atom. The van der Waals surface area contributed by atoms with Crippen LogP contribution in [0.3, 0.4) is 0 Å². The number of unbranched alkanes of at least 4 members (excludes halogenated alkanes) is 2. The van der Waals surface area contributed by atoms with Gasteiger partial charge in [0.2, 0.25) is 0 Å². The highest BCUT2D eigenvalue weighted by Crippen LogP contribution is 1.96. The Morgan fingerprint density at radius 1 is 0.857 bits per heavy atom.